The Morgan fingerprint density at radius 1 is 1.12 bits per heavy atom. The van der Waals surface area contributed by atoms with Crippen molar-refractivity contribution < 1.29 is 33.1 Å². The van der Waals surface area contributed by atoms with E-state index in [1.807, 2.05) is 36.4 Å². The van der Waals surface area contributed by atoms with E-state index in [4.69, 9.17) is 9.52 Å². The average molecular weight is 438 g/mol. The lowest BCUT2D eigenvalue weighted by Crippen LogP contribution is -2.47. The summed E-state index contributed by atoms with van der Waals surface area (Å²) in [4.78, 5) is 48.9. The number of alkyl halides is 1. The zero-order chi connectivity index (χ0) is 22.8. The maximum atomic E-state index is 12.9. The molecule has 2 N–H and O–H groups in total. The van der Waals surface area contributed by atoms with Gasteiger partial charge >= 0.3 is 5.97 Å². The van der Waals surface area contributed by atoms with Gasteiger partial charge in [-0.15, -0.1) is 0 Å². The Morgan fingerprint density at radius 2 is 1.88 bits per heavy atom. The van der Waals surface area contributed by atoms with E-state index in [0.29, 0.717) is 5.56 Å². The third kappa shape index (κ3) is 4.22. The molecule has 1 aliphatic heterocycles. The maximum Gasteiger partial charge on any atom is 0.305 e. The summed E-state index contributed by atoms with van der Waals surface area (Å²) in [5.41, 5.74) is 3.71. The largest absolute Gasteiger partial charge is 0.481 e. The first kappa shape index (κ1) is 21.2. The highest BCUT2D eigenvalue weighted by molar-refractivity contribution is 6.02. The van der Waals surface area contributed by atoms with Crippen molar-refractivity contribution in [1.29, 1.82) is 0 Å². The van der Waals surface area contributed by atoms with Gasteiger partial charge in [0.05, 0.1) is 12.7 Å². The molecule has 4 rings (SSSR count). The molecule has 1 aliphatic rings. The normalized spacial score (nSPS) is 13.8. The minimum absolute atomic E-state index is 0.198. The summed E-state index contributed by atoms with van der Waals surface area (Å²) in [6.45, 7) is -1.57. The number of hydrogen-bond donors (Lipinski definition) is 2. The molecule has 0 spiro atoms. The topological polar surface area (TPSA) is 117 Å². The van der Waals surface area contributed by atoms with Crippen molar-refractivity contribution in [2.45, 2.75) is 19.0 Å². The van der Waals surface area contributed by atoms with Gasteiger partial charge in [0.2, 0.25) is 5.91 Å². The Labute approximate surface area is 181 Å². The van der Waals surface area contributed by atoms with Crippen molar-refractivity contribution in [2.24, 2.45) is 0 Å². The van der Waals surface area contributed by atoms with Crippen LogP contribution in [0.25, 0.3) is 22.1 Å². The zero-order valence-electron chi connectivity index (χ0n) is 16.8. The summed E-state index contributed by atoms with van der Waals surface area (Å²) in [5.74, 6) is -3.46. The number of carbonyl (C=O) groups is 4. The van der Waals surface area contributed by atoms with Crippen LogP contribution in [0.1, 0.15) is 22.3 Å². The summed E-state index contributed by atoms with van der Waals surface area (Å²) in [6.07, 6.45) is 0.874. The van der Waals surface area contributed by atoms with Crippen molar-refractivity contribution in [3.05, 3.63) is 59.9 Å². The van der Waals surface area contributed by atoms with Crippen LogP contribution in [0.2, 0.25) is 0 Å². The lowest BCUT2D eigenvalue weighted by molar-refractivity contribution is -0.140. The minimum atomic E-state index is -1.48. The fourth-order valence-corrected chi connectivity index (χ4v) is 3.74. The molecule has 1 unspecified atom stereocenters. The smallest absolute Gasteiger partial charge is 0.305 e. The van der Waals surface area contributed by atoms with E-state index >= 15 is 0 Å². The van der Waals surface area contributed by atoms with E-state index in [2.05, 4.69) is 5.32 Å². The number of carbonyl (C=O) groups excluding carboxylic acids is 3. The number of halogens is 1. The third-order valence-corrected chi connectivity index (χ3v) is 5.34. The van der Waals surface area contributed by atoms with Crippen molar-refractivity contribution in [3.63, 3.8) is 0 Å². The second kappa shape index (κ2) is 8.62. The van der Waals surface area contributed by atoms with Crippen LogP contribution in [0, 0.1) is 0 Å². The van der Waals surface area contributed by atoms with Crippen LogP contribution in [-0.4, -0.2) is 52.8 Å². The number of carboxylic acid groups (broad SMARTS) is 1. The first-order valence-corrected chi connectivity index (χ1v) is 9.85. The Bertz CT molecular complexity index is 1230. The van der Waals surface area contributed by atoms with Crippen LogP contribution in [0.5, 0.6) is 0 Å². The number of amides is 2. The fraction of sp³-hybridized carbons (Fsp3) is 0.217. The Hall–Kier alpha value is -4.01. The van der Waals surface area contributed by atoms with Gasteiger partial charge in [0.1, 0.15) is 24.8 Å². The number of aliphatic carboxylic acids is 1. The summed E-state index contributed by atoms with van der Waals surface area (Å²) in [6, 6.07) is 11.5. The molecule has 2 heterocycles. The predicted octanol–water partition coefficient (Wildman–Crippen LogP) is 2.55. The molecule has 3 aromatic rings. The molecule has 0 bridgehead atoms. The standard InChI is InChI=1S/C23H19FN2O6/c24-10-19(27)18(9-22(29)30)25-21(28)12-26-11-16-2-1-14(8-17(16)23(26)31)13-3-4-20-15(7-13)5-6-32-20/h1-8,18H,9-12H2,(H,25,28)(H,29,30). The van der Waals surface area contributed by atoms with Crippen LogP contribution in [-0.2, 0) is 20.9 Å². The molecule has 32 heavy (non-hydrogen) atoms. The molecule has 2 aromatic carbocycles. The SMILES string of the molecule is O=C(O)CC(NC(=O)CN1Cc2ccc(-c3ccc4occc4c3)cc2C1=O)C(=O)CF. The highest BCUT2D eigenvalue weighted by atomic mass is 19.1. The lowest BCUT2D eigenvalue weighted by atomic mass is 9.99. The highest BCUT2D eigenvalue weighted by Gasteiger charge is 2.31. The minimum Gasteiger partial charge on any atom is -0.481 e. The van der Waals surface area contributed by atoms with E-state index in [1.165, 1.54) is 4.90 Å². The molecule has 0 radical (unpaired) electrons. The van der Waals surface area contributed by atoms with Gasteiger partial charge in [-0.3, -0.25) is 19.2 Å². The number of benzene rings is 2. The van der Waals surface area contributed by atoms with E-state index in [1.54, 1.807) is 12.3 Å². The summed E-state index contributed by atoms with van der Waals surface area (Å²) < 4.78 is 18.0. The summed E-state index contributed by atoms with van der Waals surface area (Å²) in [7, 11) is 0. The molecule has 0 saturated carbocycles. The predicted molar refractivity (Wildman–Crippen MR) is 112 cm³/mol. The average Bonchev–Trinajstić information content (AvgIpc) is 3.36. The number of ketones is 1. The molecule has 164 valence electrons. The number of nitrogens with one attached hydrogen (secondary N) is 1. The molecule has 8 nitrogen and oxygen atoms in total. The Morgan fingerprint density at radius 3 is 2.62 bits per heavy atom. The van der Waals surface area contributed by atoms with Gasteiger partial charge in [-0.05, 0) is 41.0 Å². The molecule has 1 aromatic heterocycles. The van der Waals surface area contributed by atoms with Crippen molar-refractivity contribution >= 4 is 34.5 Å². The molecule has 1 atom stereocenters. The van der Waals surface area contributed by atoms with Crippen LogP contribution < -0.4 is 5.32 Å². The molecule has 2 amide bonds. The second-order valence-corrected chi connectivity index (χ2v) is 7.52. The monoisotopic (exact) mass is 438 g/mol. The quantitative estimate of drug-likeness (QED) is 0.558. The third-order valence-electron chi connectivity index (χ3n) is 5.34. The Balaban J connectivity index is 1.47. The summed E-state index contributed by atoms with van der Waals surface area (Å²) >= 11 is 0. The number of fused-ring (bicyclic) bond motifs is 2. The van der Waals surface area contributed by atoms with Gasteiger partial charge in [0, 0.05) is 17.5 Å². The number of carboxylic acids is 1. The molecule has 0 aliphatic carbocycles. The first-order chi connectivity index (χ1) is 15.4. The van der Waals surface area contributed by atoms with Gasteiger partial charge < -0.3 is 19.7 Å². The number of nitrogens with zero attached hydrogens (tertiary/aromatic N) is 1. The maximum absolute atomic E-state index is 12.9. The second-order valence-electron chi connectivity index (χ2n) is 7.52. The molecule has 0 fully saturated rings. The molecule has 0 saturated heterocycles. The van der Waals surface area contributed by atoms with E-state index in [9.17, 15) is 23.6 Å². The van der Waals surface area contributed by atoms with E-state index in [-0.39, 0.29) is 19.0 Å². The van der Waals surface area contributed by atoms with Gasteiger partial charge in [0.15, 0.2) is 5.78 Å². The molecular formula is C23H19FN2O6. The molecule has 9 heteroatoms. The van der Waals surface area contributed by atoms with E-state index in [0.717, 1.165) is 27.7 Å². The van der Waals surface area contributed by atoms with Gasteiger partial charge in [-0.1, -0.05) is 18.2 Å². The lowest BCUT2D eigenvalue weighted by Gasteiger charge is -2.18. The zero-order valence-corrected chi connectivity index (χ0v) is 16.8. The fourth-order valence-electron chi connectivity index (χ4n) is 3.74. The van der Waals surface area contributed by atoms with E-state index < -0.39 is 36.8 Å². The highest BCUT2D eigenvalue weighted by Crippen LogP contribution is 2.30. The van der Waals surface area contributed by atoms with Gasteiger partial charge in [-0.25, -0.2) is 4.39 Å². The number of furan rings is 1. The van der Waals surface area contributed by atoms with Gasteiger partial charge in [0.25, 0.3) is 5.91 Å². The van der Waals surface area contributed by atoms with Crippen LogP contribution in [0.3, 0.4) is 0 Å². The summed E-state index contributed by atoms with van der Waals surface area (Å²) in [5, 5.41) is 12.0. The molecular weight excluding hydrogens is 419 g/mol. The number of rotatable bonds is 8. The first-order valence-electron chi connectivity index (χ1n) is 9.85. The van der Waals surface area contributed by atoms with Crippen molar-refractivity contribution in [1.82, 2.24) is 10.2 Å². The number of Topliss-reactive ketones (excluding diaryl/α,β-unsaturated/α-hetero) is 1. The number of hydrogen-bond acceptors (Lipinski definition) is 5. The van der Waals surface area contributed by atoms with Crippen LogP contribution >= 0.6 is 0 Å². The van der Waals surface area contributed by atoms with Crippen LogP contribution in [0.4, 0.5) is 4.39 Å². The Kier molecular flexibility index (Phi) is 5.72. The van der Waals surface area contributed by atoms with Crippen molar-refractivity contribution in [3.8, 4) is 11.1 Å². The van der Waals surface area contributed by atoms with Crippen LogP contribution in [0.15, 0.2) is 53.1 Å². The van der Waals surface area contributed by atoms with Crippen molar-refractivity contribution in [2.75, 3.05) is 13.2 Å². The van der Waals surface area contributed by atoms with Gasteiger partial charge in [-0.2, -0.15) is 0 Å².